The number of nitrogens with two attached hydrogens (primary N) is 1. The Kier molecular flexibility index (Phi) is 6.56. The van der Waals surface area contributed by atoms with Crippen LogP contribution in [-0.2, 0) is 11.3 Å². The summed E-state index contributed by atoms with van der Waals surface area (Å²) >= 11 is 0. The Balaban J connectivity index is 2.25. The fourth-order valence-corrected chi connectivity index (χ4v) is 2.02. The normalized spacial score (nSPS) is 15.8. The third-order valence-electron chi connectivity index (χ3n) is 3.18. The second-order valence-corrected chi connectivity index (χ2v) is 5.48. The van der Waals surface area contributed by atoms with Gasteiger partial charge in [0, 0.05) is 36.9 Å². The van der Waals surface area contributed by atoms with Crippen LogP contribution < -0.4 is 11.1 Å². The van der Waals surface area contributed by atoms with E-state index in [9.17, 15) is 4.79 Å². The average Bonchev–Trinajstić information content (AvgIpc) is 2.80. The van der Waals surface area contributed by atoms with E-state index >= 15 is 0 Å². The van der Waals surface area contributed by atoms with Crippen LogP contribution in [0.4, 0.5) is 0 Å². The molecule has 0 bridgehead atoms. The molecule has 3 N–H and O–H groups in total. The Morgan fingerprint density at radius 2 is 2.11 bits per heavy atom. The van der Waals surface area contributed by atoms with Gasteiger partial charge in [0.15, 0.2) is 0 Å². The summed E-state index contributed by atoms with van der Waals surface area (Å²) in [6.07, 6.45) is 8.27. The van der Waals surface area contributed by atoms with Gasteiger partial charge < -0.3 is 15.6 Å². The molecule has 1 aromatic heterocycles. The summed E-state index contributed by atoms with van der Waals surface area (Å²) in [5, 5.41) is 3.04. The lowest BCUT2D eigenvalue weighted by molar-refractivity contribution is -0.125. The van der Waals surface area contributed by atoms with Crippen molar-refractivity contribution >= 4 is 5.91 Å². The van der Waals surface area contributed by atoms with Crippen LogP contribution in [0.5, 0.6) is 0 Å². The standard InChI is InChI=1S/C14H26N4O/c1-11(5-4-6-12(2)15)14(19)17-13(3)9-18-8-7-16-10-18/h7-8,10-13H,4-6,9,15H2,1-3H3,(H,17,19). The zero-order chi connectivity index (χ0) is 14.3. The highest BCUT2D eigenvalue weighted by atomic mass is 16.1. The highest BCUT2D eigenvalue weighted by Crippen LogP contribution is 2.09. The maximum Gasteiger partial charge on any atom is 0.223 e. The van der Waals surface area contributed by atoms with Crippen LogP contribution in [0.25, 0.3) is 0 Å². The first-order valence-electron chi connectivity index (χ1n) is 7.00. The van der Waals surface area contributed by atoms with Crippen molar-refractivity contribution in [3.05, 3.63) is 18.7 Å². The van der Waals surface area contributed by atoms with Crippen molar-refractivity contribution in [3.8, 4) is 0 Å². The monoisotopic (exact) mass is 266 g/mol. The molecule has 0 aliphatic rings. The highest BCUT2D eigenvalue weighted by Gasteiger charge is 2.15. The Hall–Kier alpha value is -1.36. The van der Waals surface area contributed by atoms with Gasteiger partial charge in [-0.15, -0.1) is 0 Å². The van der Waals surface area contributed by atoms with E-state index in [2.05, 4.69) is 10.3 Å². The van der Waals surface area contributed by atoms with E-state index in [0.29, 0.717) is 0 Å². The first-order valence-corrected chi connectivity index (χ1v) is 7.00. The number of carbonyl (C=O) groups excluding carboxylic acids is 1. The van der Waals surface area contributed by atoms with Crippen molar-refractivity contribution in [2.45, 2.75) is 58.7 Å². The molecule has 0 spiro atoms. The lowest BCUT2D eigenvalue weighted by atomic mass is 10.0. The summed E-state index contributed by atoms with van der Waals surface area (Å²) < 4.78 is 1.96. The smallest absolute Gasteiger partial charge is 0.223 e. The Labute approximate surface area is 115 Å². The number of nitrogens with one attached hydrogen (secondary N) is 1. The summed E-state index contributed by atoms with van der Waals surface area (Å²) in [5.74, 6) is 0.168. The van der Waals surface area contributed by atoms with E-state index < -0.39 is 0 Å². The fraction of sp³-hybridized carbons (Fsp3) is 0.714. The van der Waals surface area contributed by atoms with E-state index in [0.717, 1.165) is 25.8 Å². The van der Waals surface area contributed by atoms with E-state index in [-0.39, 0.29) is 23.9 Å². The molecule has 5 heteroatoms. The van der Waals surface area contributed by atoms with Crippen molar-refractivity contribution in [2.24, 2.45) is 11.7 Å². The first kappa shape index (κ1) is 15.7. The number of carbonyl (C=O) groups is 1. The first-order chi connectivity index (χ1) is 8.99. The van der Waals surface area contributed by atoms with Crippen LogP contribution in [0.3, 0.4) is 0 Å². The maximum atomic E-state index is 12.0. The molecule has 0 aliphatic heterocycles. The lowest BCUT2D eigenvalue weighted by Crippen LogP contribution is -2.38. The summed E-state index contributed by atoms with van der Waals surface area (Å²) in [5.41, 5.74) is 5.70. The second kappa shape index (κ2) is 7.94. The predicted octanol–water partition coefficient (Wildman–Crippen LogP) is 1.54. The van der Waals surface area contributed by atoms with E-state index in [1.807, 2.05) is 31.5 Å². The van der Waals surface area contributed by atoms with Gasteiger partial charge in [0.25, 0.3) is 0 Å². The van der Waals surface area contributed by atoms with Crippen molar-refractivity contribution in [3.63, 3.8) is 0 Å². The molecule has 3 unspecified atom stereocenters. The van der Waals surface area contributed by atoms with Gasteiger partial charge in [0.1, 0.15) is 0 Å². The maximum absolute atomic E-state index is 12.0. The van der Waals surface area contributed by atoms with Crippen LogP contribution in [0.1, 0.15) is 40.0 Å². The molecule has 1 heterocycles. The summed E-state index contributed by atoms with van der Waals surface area (Å²) in [7, 11) is 0. The molecule has 0 saturated carbocycles. The summed E-state index contributed by atoms with van der Waals surface area (Å²) in [4.78, 5) is 16.0. The van der Waals surface area contributed by atoms with Crippen LogP contribution in [0.15, 0.2) is 18.7 Å². The third kappa shape index (κ3) is 6.38. The molecule has 5 nitrogen and oxygen atoms in total. The zero-order valence-electron chi connectivity index (χ0n) is 12.2. The van der Waals surface area contributed by atoms with Crippen molar-refractivity contribution in [2.75, 3.05) is 0 Å². The minimum Gasteiger partial charge on any atom is -0.352 e. The molecule has 108 valence electrons. The van der Waals surface area contributed by atoms with Crippen LogP contribution in [0, 0.1) is 5.92 Å². The summed E-state index contributed by atoms with van der Waals surface area (Å²) in [6, 6.07) is 0.327. The van der Waals surface area contributed by atoms with Gasteiger partial charge in [-0.2, -0.15) is 0 Å². The molecule has 1 rings (SSSR count). The molecule has 1 aromatic rings. The van der Waals surface area contributed by atoms with Gasteiger partial charge in [0.05, 0.1) is 6.33 Å². The van der Waals surface area contributed by atoms with Gasteiger partial charge in [-0.25, -0.2) is 4.98 Å². The fourth-order valence-electron chi connectivity index (χ4n) is 2.02. The molecular weight excluding hydrogens is 240 g/mol. The molecular formula is C14H26N4O. The Morgan fingerprint density at radius 1 is 1.37 bits per heavy atom. The highest BCUT2D eigenvalue weighted by molar-refractivity contribution is 5.78. The van der Waals surface area contributed by atoms with Crippen molar-refractivity contribution in [1.82, 2.24) is 14.9 Å². The Bertz CT molecular complexity index is 362. The largest absolute Gasteiger partial charge is 0.352 e. The van der Waals surface area contributed by atoms with Gasteiger partial charge in [-0.3, -0.25) is 4.79 Å². The molecule has 1 amide bonds. The third-order valence-corrected chi connectivity index (χ3v) is 3.18. The van der Waals surface area contributed by atoms with E-state index in [4.69, 9.17) is 5.73 Å². The van der Waals surface area contributed by atoms with E-state index in [1.165, 1.54) is 0 Å². The number of nitrogens with zero attached hydrogens (tertiary/aromatic N) is 2. The van der Waals surface area contributed by atoms with Crippen LogP contribution in [-0.4, -0.2) is 27.5 Å². The molecule has 0 aromatic carbocycles. The number of amides is 1. The molecule has 0 saturated heterocycles. The number of hydrogen-bond acceptors (Lipinski definition) is 3. The Morgan fingerprint density at radius 3 is 2.68 bits per heavy atom. The number of imidazole rings is 1. The molecule has 3 atom stereocenters. The number of aromatic nitrogens is 2. The van der Waals surface area contributed by atoms with Gasteiger partial charge in [-0.1, -0.05) is 13.3 Å². The van der Waals surface area contributed by atoms with Gasteiger partial charge in [0.2, 0.25) is 5.91 Å². The minimum atomic E-state index is 0.0454. The van der Waals surface area contributed by atoms with Crippen molar-refractivity contribution < 1.29 is 4.79 Å². The number of hydrogen-bond donors (Lipinski definition) is 2. The lowest BCUT2D eigenvalue weighted by Gasteiger charge is -2.18. The van der Waals surface area contributed by atoms with Crippen LogP contribution in [0.2, 0.25) is 0 Å². The van der Waals surface area contributed by atoms with Crippen molar-refractivity contribution in [1.29, 1.82) is 0 Å². The van der Waals surface area contributed by atoms with Gasteiger partial charge >= 0.3 is 0 Å². The minimum absolute atomic E-state index is 0.0454. The predicted molar refractivity (Wildman–Crippen MR) is 76.5 cm³/mol. The average molecular weight is 266 g/mol. The molecule has 0 aliphatic carbocycles. The summed E-state index contributed by atoms with van der Waals surface area (Å²) in [6.45, 7) is 6.73. The zero-order valence-corrected chi connectivity index (χ0v) is 12.2. The quantitative estimate of drug-likeness (QED) is 0.749. The molecule has 0 radical (unpaired) electrons. The van der Waals surface area contributed by atoms with E-state index in [1.54, 1.807) is 12.5 Å². The molecule has 0 fully saturated rings. The topological polar surface area (TPSA) is 72.9 Å². The SMILES string of the molecule is CC(N)CCCC(C)C(=O)NC(C)Cn1ccnc1. The van der Waals surface area contributed by atoms with Gasteiger partial charge in [-0.05, 0) is 26.7 Å². The van der Waals surface area contributed by atoms with Crippen LogP contribution >= 0.6 is 0 Å². The number of rotatable bonds is 8. The second-order valence-electron chi connectivity index (χ2n) is 5.48. The molecule has 19 heavy (non-hydrogen) atoms.